The summed E-state index contributed by atoms with van der Waals surface area (Å²) in [6, 6.07) is 18.8. The molecule has 3 rings (SSSR count). The van der Waals surface area contributed by atoms with Crippen molar-refractivity contribution in [1.82, 2.24) is 20.1 Å². The van der Waals surface area contributed by atoms with Crippen molar-refractivity contribution in [3.8, 4) is 5.69 Å². The lowest BCUT2D eigenvalue weighted by Gasteiger charge is -2.11. The largest absolute Gasteiger partial charge is 0.385 e. The van der Waals surface area contributed by atoms with Crippen LogP contribution in [-0.4, -0.2) is 46.7 Å². The second kappa shape index (κ2) is 12.3. The number of aryl methyl sites for hydroxylation is 3. The highest BCUT2D eigenvalue weighted by atomic mass is 32.2. The van der Waals surface area contributed by atoms with Crippen molar-refractivity contribution in [3.05, 3.63) is 71.5 Å². The summed E-state index contributed by atoms with van der Waals surface area (Å²) in [5, 5.41) is 12.5. The molecule has 0 unspecified atom stereocenters. The first-order valence-electron chi connectivity index (χ1n) is 10.7. The molecular formula is C24H30N4O2S. The smallest absolute Gasteiger partial charge is 0.230 e. The van der Waals surface area contributed by atoms with E-state index in [9.17, 15) is 4.79 Å². The molecule has 1 amide bonds. The van der Waals surface area contributed by atoms with E-state index in [4.69, 9.17) is 4.74 Å². The summed E-state index contributed by atoms with van der Waals surface area (Å²) in [6.45, 7) is 3.40. The van der Waals surface area contributed by atoms with Gasteiger partial charge in [-0.1, -0.05) is 61.2 Å². The fraction of sp³-hybridized carbons (Fsp3) is 0.375. The van der Waals surface area contributed by atoms with Crippen LogP contribution in [0.15, 0.2) is 59.8 Å². The summed E-state index contributed by atoms with van der Waals surface area (Å²) in [6.07, 6.45) is 3.46. The second-order valence-corrected chi connectivity index (χ2v) is 8.17. The molecule has 164 valence electrons. The number of nitrogens with zero attached hydrogens (tertiary/aromatic N) is 3. The van der Waals surface area contributed by atoms with Crippen LogP contribution in [0.5, 0.6) is 0 Å². The predicted octanol–water partition coefficient (Wildman–Crippen LogP) is 3.86. The molecule has 3 aromatic rings. The zero-order chi connectivity index (χ0) is 21.9. The number of hydrogen-bond donors (Lipinski definition) is 1. The van der Waals surface area contributed by atoms with Crippen LogP contribution in [-0.2, 0) is 28.8 Å². The fourth-order valence-corrected chi connectivity index (χ4v) is 4.02. The van der Waals surface area contributed by atoms with Crippen molar-refractivity contribution in [2.45, 2.75) is 37.8 Å². The van der Waals surface area contributed by atoms with Crippen LogP contribution in [0.1, 0.15) is 30.3 Å². The van der Waals surface area contributed by atoms with Crippen molar-refractivity contribution in [1.29, 1.82) is 0 Å². The quantitative estimate of drug-likeness (QED) is 0.344. The third-order valence-corrected chi connectivity index (χ3v) is 5.89. The van der Waals surface area contributed by atoms with Gasteiger partial charge in [0.2, 0.25) is 5.91 Å². The van der Waals surface area contributed by atoms with Gasteiger partial charge >= 0.3 is 0 Å². The van der Waals surface area contributed by atoms with Crippen LogP contribution in [0.4, 0.5) is 0 Å². The van der Waals surface area contributed by atoms with Gasteiger partial charge < -0.3 is 10.1 Å². The Kier molecular flexibility index (Phi) is 9.12. The fourth-order valence-electron chi connectivity index (χ4n) is 3.22. The average Bonchev–Trinajstić information content (AvgIpc) is 3.22. The van der Waals surface area contributed by atoms with Crippen molar-refractivity contribution < 1.29 is 9.53 Å². The van der Waals surface area contributed by atoms with Gasteiger partial charge in [0.1, 0.15) is 5.82 Å². The molecule has 2 aromatic carbocycles. The second-order valence-electron chi connectivity index (χ2n) is 7.22. The predicted molar refractivity (Wildman–Crippen MR) is 125 cm³/mol. The van der Waals surface area contributed by atoms with E-state index in [1.54, 1.807) is 7.11 Å². The minimum atomic E-state index is -0.0113. The molecule has 0 saturated carbocycles. The normalized spacial score (nSPS) is 10.9. The Morgan fingerprint density at radius 2 is 1.81 bits per heavy atom. The number of ether oxygens (including phenoxy) is 1. The molecule has 0 bridgehead atoms. The van der Waals surface area contributed by atoms with Gasteiger partial charge in [-0.2, -0.15) is 0 Å². The first-order chi connectivity index (χ1) is 15.2. The Morgan fingerprint density at radius 1 is 1.03 bits per heavy atom. The number of rotatable bonds is 12. The number of amides is 1. The van der Waals surface area contributed by atoms with E-state index < -0.39 is 0 Å². The third kappa shape index (κ3) is 6.94. The van der Waals surface area contributed by atoms with Crippen molar-refractivity contribution >= 4 is 17.7 Å². The van der Waals surface area contributed by atoms with E-state index in [-0.39, 0.29) is 5.91 Å². The molecule has 0 atom stereocenters. The van der Waals surface area contributed by atoms with Gasteiger partial charge in [-0.25, -0.2) is 0 Å². The maximum absolute atomic E-state index is 12.2. The Labute approximate surface area is 188 Å². The van der Waals surface area contributed by atoms with E-state index >= 15 is 0 Å². The number of methoxy groups -OCH3 is 1. The van der Waals surface area contributed by atoms with E-state index in [1.807, 2.05) is 6.07 Å². The van der Waals surface area contributed by atoms with Crippen LogP contribution in [0, 0.1) is 0 Å². The highest BCUT2D eigenvalue weighted by Crippen LogP contribution is 2.23. The van der Waals surface area contributed by atoms with Crippen molar-refractivity contribution in [2.75, 3.05) is 26.0 Å². The van der Waals surface area contributed by atoms with Gasteiger partial charge in [-0.15, -0.1) is 10.2 Å². The van der Waals surface area contributed by atoms with Crippen molar-refractivity contribution in [3.63, 3.8) is 0 Å². The molecule has 0 saturated heterocycles. The summed E-state index contributed by atoms with van der Waals surface area (Å²) < 4.78 is 7.09. The van der Waals surface area contributed by atoms with Gasteiger partial charge in [-0.3, -0.25) is 9.36 Å². The third-order valence-electron chi connectivity index (χ3n) is 4.96. The summed E-state index contributed by atoms with van der Waals surface area (Å²) in [7, 11) is 1.66. The molecule has 1 heterocycles. The lowest BCUT2D eigenvalue weighted by atomic mass is 10.1. The molecule has 0 aliphatic rings. The molecule has 0 aliphatic heterocycles. The zero-order valence-electron chi connectivity index (χ0n) is 18.2. The first kappa shape index (κ1) is 23.0. The number of carbonyl (C=O) groups is 1. The van der Waals surface area contributed by atoms with Crippen LogP contribution < -0.4 is 5.32 Å². The first-order valence-corrected chi connectivity index (χ1v) is 11.7. The van der Waals surface area contributed by atoms with E-state index in [0.29, 0.717) is 18.9 Å². The lowest BCUT2D eigenvalue weighted by molar-refractivity contribution is -0.118. The standard InChI is InChI=1S/C24H30N4O2S/c1-3-19-10-13-21(14-11-19)28-22(15-12-20-8-5-4-6-9-20)26-27-24(28)31-18-23(29)25-16-7-17-30-2/h4-6,8-11,13-14H,3,7,12,15-18H2,1-2H3,(H,25,29). The summed E-state index contributed by atoms with van der Waals surface area (Å²) >= 11 is 1.41. The molecular weight excluding hydrogens is 408 g/mol. The van der Waals surface area contributed by atoms with Gasteiger partial charge in [0.15, 0.2) is 5.16 Å². The Morgan fingerprint density at radius 3 is 2.52 bits per heavy atom. The Hall–Kier alpha value is -2.64. The van der Waals surface area contributed by atoms with E-state index in [0.717, 1.165) is 42.4 Å². The summed E-state index contributed by atoms with van der Waals surface area (Å²) in [5.74, 6) is 1.19. The SMILES string of the molecule is CCc1ccc(-n2c(CCc3ccccc3)nnc2SCC(=O)NCCCOC)cc1. The van der Waals surface area contributed by atoms with Crippen LogP contribution in [0.25, 0.3) is 5.69 Å². The molecule has 7 heteroatoms. The molecule has 6 nitrogen and oxygen atoms in total. The van der Waals surface area contributed by atoms with Gasteiger partial charge in [0.05, 0.1) is 5.75 Å². The Balaban J connectivity index is 1.73. The highest BCUT2D eigenvalue weighted by Gasteiger charge is 2.16. The van der Waals surface area contributed by atoms with Gasteiger partial charge in [0.25, 0.3) is 0 Å². The maximum Gasteiger partial charge on any atom is 0.230 e. The van der Waals surface area contributed by atoms with Crippen LogP contribution in [0.2, 0.25) is 0 Å². The molecule has 0 radical (unpaired) electrons. The average molecular weight is 439 g/mol. The van der Waals surface area contributed by atoms with Crippen LogP contribution >= 0.6 is 11.8 Å². The maximum atomic E-state index is 12.2. The van der Waals surface area contributed by atoms with Gasteiger partial charge in [0, 0.05) is 32.4 Å². The monoisotopic (exact) mass is 438 g/mol. The van der Waals surface area contributed by atoms with E-state index in [1.165, 1.54) is 22.9 Å². The number of thioether (sulfide) groups is 1. The lowest BCUT2D eigenvalue weighted by Crippen LogP contribution is -2.27. The zero-order valence-corrected chi connectivity index (χ0v) is 19.0. The van der Waals surface area contributed by atoms with Gasteiger partial charge in [-0.05, 0) is 42.5 Å². The topological polar surface area (TPSA) is 69.0 Å². The number of hydrogen-bond acceptors (Lipinski definition) is 5. The number of aromatic nitrogens is 3. The van der Waals surface area contributed by atoms with Crippen LogP contribution in [0.3, 0.4) is 0 Å². The van der Waals surface area contributed by atoms with E-state index in [2.05, 4.69) is 75.5 Å². The number of benzene rings is 2. The summed E-state index contributed by atoms with van der Waals surface area (Å²) in [5.41, 5.74) is 3.57. The number of nitrogens with one attached hydrogen (secondary N) is 1. The molecule has 0 spiro atoms. The summed E-state index contributed by atoms with van der Waals surface area (Å²) in [4.78, 5) is 12.2. The molecule has 1 aromatic heterocycles. The van der Waals surface area contributed by atoms with Crippen molar-refractivity contribution in [2.24, 2.45) is 0 Å². The minimum absolute atomic E-state index is 0.0113. The minimum Gasteiger partial charge on any atom is -0.385 e. The molecule has 31 heavy (non-hydrogen) atoms. The highest BCUT2D eigenvalue weighted by molar-refractivity contribution is 7.99. The Bertz CT molecular complexity index is 942. The number of carbonyl (C=O) groups excluding carboxylic acids is 1. The molecule has 0 aliphatic carbocycles. The molecule has 1 N–H and O–H groups in total. The molecule has 0 fully saturated rings.